The fraction of sp³-hybridized carbons (Fsp3) is 0.263. The molecule has 0 unspecified atom stereocenters. The third kappa shape index (κ3) is 5.20. The number of rotatable bonds is 7. The van der Waals surface area contributed by atoms with Crippen LogP contribution in [0.15, 0.2) is 42.5 Å². The summed E-state index contributed by atoms with van der Waals surface area (Å²) in [5, 5.41) is 3.02. The first-order valence-electron chi connectivity index (χ1n) is 8.01. The number of nitrogens with zero attached hydrogens (tertiary/aromatic N) is 1. The van der Waals surface area contributed by atoms with Crippen molar-refractivity contribution in [3.05, 3.63) is 64.4 Å². The van der Waals surface area contributed by atoms with E-state index in [1.54, 1.807) is 37.4 Å². The van der Waals surface area contributed by atoms with Crippen molar-refractivity contribution < 1.29 is 18.7 Å². The van der Waals surface area contributed by atoms with Crippen molar-refractivity contribution in [3.8, 4) is 5.75 Å². The molecule has 0 saturated carbocycles. The van der Waals surface area contributed by atoms with Gasteiger partial charge in [0.1, 0.15) is 0 Å². The lowest BCUT2D eigenvalue weighted by Gasteiger charge is -2.18. The third-order valence-electron chi connectivity index (χ3n) is 3.80. The quantitative estimate of drug-likeness (QED) is 0.804. The summed E-state index contributed by atoms with van der Waals surface area (Å²) in [5.74, 6) is -0.813. The molecule has 2 aromatic carbocycles. The van der Waals surface area contributed by atoms with E-state index in [-0.39, 0.29) is 37.1 Å². The minimum Gasteiger partial charge on any atom is -0.494 e. The summed E-state index contributed by atoms with van der Waals surface area (Å²) in [7, 11) is 3.02. The van der Waals surface area contributed by atoms with Crippen LogP contribution in [0.4, 0.5) is 4.39 Å². The van der Waals surface area contributed by atoms with E-state index in [1.165, 1.54) is 24.1 Å². The van der Waals surface area contributed by atoms with Gasteiger partial charge in [0.25, 0.3) is 5.91 Å². The van der Waals surface area contributed by atoms with Crippen molar-refractivity contribution in [3.63, 3.8) is 0 Å². The molecule has 0 aliphatic carbocycles. The van der Waals surface area contributed by atoms with Gasteiger partial charge in [-0.2, -0.15) is 0 Å². The summed E-state index contributed by atoms with van der Waals surface area (Å²) in [4.78, 5) is 25.7. The first kappa shape index (κ1) is 19.7. The van der Waals surface area contributed by atoms with Crippen molar-refractivity contribution >= 4 is 23.4 Å². The monoisotopic (exact) mass is 378 g/mol. The van der Waals surface area contributed by atoms with E-state index in [9.17, 15) is 14.0 Å². The second kappa shape index (κ2) is 9.20. The Balaban J connectivity index is 1.83. The molecule has 0 spiro atoms. The average Bonchev–Trinajstić information content (AvgIpc) is 2.62. The number of carbonyl (C=O) groups is 2. The molecule has 0 atom stereocenters. The van der Waals surface area contributed by atoms with Crippen LogP contribution >= 0.6 is 11.6 Å². The van der Waals surface area contributed by atoms with Crippen LogP contribution in [0.5, 0.6) is 5.75 Å². The zero-order valence-electron chi connectivity index (χ0n) is 14.6. The third-order valence-corrected chi connectivity index (χ3v) is 4.13. The number of halogens is 2. The first-order chi connectivity index (χ1) is 12.4. The number of carbonyl (C=O) groups excluding carboxylic acids is 2. The maximum atomic E-state index is 13.7. The van der Waals surface area contributed by atoms with Crippen LogP contribution in [0, 0.1) is 5.82 Å². The van der Waals surface area contributed by atoms with Gasteiger partial charge in [0.05, 0.1) is 17.7 Å². The van der Waals surface area contributed by atoms with Crippen molar-refractivity contribution in [2.24, 2.45) is 0 Å². The van der Waals surface area contributed by atoms with Crippen LogP contribution < -0.4 is 10.1 Å². The summed E-state index contributed by atoms with van der Waals surface area (Å²) in [6.07, 6.45) is 0.130. The van der Waals surface area contributed by atoms with E-state index >= 15 is 0 Å². The molecule has 0 aromatic heterocycles. The summed E-state index contributed by atoms with van der Waals surface area (Å²) in [6, 6.07) is 11.3. The summed E-state index contributed by atoms with van der Waals surface area (Å²) < 4.78 is 18.6. The summed E-state index contributed by atoms with van der Waals surface area (Å²) in [6.45, 7) is 0.447. The molecule has 0 heterocycles. The maximum Gasteiger partial charge on any atom is 0.252 e. The topological polar surface area (TPSA) is 58.6 Å². The van der Waals surface area contributed by atoms with Gasteiger partial charge in [0.2, 0.25) is 5.91 Å². The Kier molecular flexibility index (Phi) is 6.97. The standard InChI is InChI=1S/C19H20ClFN2O3/c1-23(12-13-7-8-17(26-2)16(21)11-13)18(24)9-10-22-19(25)14-5-3-4-6-15(14)20/h3-8,11H,9-10,12H2,1-2H3,(H,22,25). The maximum absolute atomic E-state index is 13.7. The Morgan fingerprint density at radius 3 is 2.62 bits per heavy atom. The van der Waals surface area contributed by atoms with Crippen LogP contribution in [-0.2, 0) is 11.3 Å². The average molecular weight is 379 g/mol. The highest BCUT2D eigenvalue weighted by Gasteiger charge is 2.13. The molecular formula is C19H20ClFN2O3. The number of benzene rings is 2. The highest BCUT2D eigenvalue weighted by atomic mass is 35.5. The smallest absolute Gasteiger partial charge is 0.252 e. The fourth-order valence-electron chi connectivity index (χ4n) is 2.38. The predicted octanol–water partition coefficient (Wildman–Crippen LogP) is 3.27. The SMILES string of the molecule is COc1ccc(CN(C)C(=O)CCNC(=O)c2ccccc2Cl)cc1F. The normalized spacial score (nSPS) is 10.3. The number of methoxy groups -OCH3 is 1. The summed E-state index contributed by atoms with van der Waals surface area (Å²) >= 11 is 5.96. The van der Waals surface area contributed by atoms with Gasteiger partial charge in [-0.15, -0.1) is 0 Å². The van der Waals surface area contributed by atoms with E-state index < -0.39 is 5.82 Å². The number of hydrogen-bond acceptors (Lipinski definition) is 3. The van der Waals surface area contributed by atoms with Crippen LogP contribution in [0.25, 0.3) is 0 Å². The highest BCUT2D eigenvalue weighted by molar-refractivity contribution is 6.33. The zero-order chi connectivity index (χ0) is 19.1. The molecule has 2 aromatic rings. The Morgan fingerprint density at radius 1 is 1.23 bits per heavy atom. The van der Waals surface area contributed by atoms with E-state index in [0.717, 1.165) is 0 Å². The van der Waals surface area contributed by atoms with Gasteiger partial charge in [-0.25, -0.2) is 4.39 Å². The van der Waals surface area contributed by atoms with Gasteiger partial charge in [0, 0.05) is 26.6 Å². The molecule has 0 radical (unpaired) electrons. The van der Waals surface area contributed by atoms with Crippen LogP contribution in [0.3, 0.4) is 0 Å². The largest absolute Gasteiger partial charge is 0.494 e. The van der Waals surface area contributed by atoms with Crippen LogP contribution in [0.2, 0.25) is 5.02 Å². The second-order valence-electron chi connectivity index (χ2n) is 5.70. The fourth-order valence-corrected chi connectivity index (χ4v) is 2.61. The minimum absolute atomic E-state index is 0.130. The minimum atomic E-state index is -0.474. The molecule has 2 rings (SSSR count). The Morgan fingerprint density at radius 2 is 1.96 bits per heavy atom. The van der Waals surface area contributed by atoms with Gasteiger partial charge < -0.3 is 15.0 Å². The lowest BCUT2D eigenvalue weighted by Crippen LogP contribution is -2.32. The van der Waals surface area contributed by atoms with E-state index in [4.69, 9.17) is 16.3 Å². The van der Waals surface area contributed by atoms with Crippen molar-refractivity contribution in [1.82, 2.24) is 10.2 Å². The van der Waals surface area contributed by atoms with E-state index in [0.29, 0.717) is 16.1 Å². The molecule has 26 heavy (non-hydrogen) atoms. The van der Waals surface area contributed by atoms with E-state index in [2.05, 4.69) is 5.32 Å². The molecule has 5 nitrogen and oxygen atoms in total. The molecule has 138 valence electrons. The van der Waals surface area contributed by atoms with Gasteiger partial charge in [-0.05, 0) is 29.8 Å². The second-order valence-corrected chi connectivity index (χ2v) is 6.11. The molecule has 0 aliphatic heterocycles. The van der Waals surface area contributed by atoms with Crippen molar-refractivity contribution in [2.75, 3.05) is 20.7 Å². The Bertz CT molecular complexity index is 798. The Hall–Kier alpha value is -2.60. The van der Waals surface area contributed by atoms with Gasteiger partial charge in [-0.3, -0.25) is 9.59 Å². The molecule has 2 amide bonds. The lowest BCUT2D eigenvalue weighted by atomic mass is 10.2. The number of nitrogens with one attached hydrogen (secondary N) is 1. The molecule has 0 aliphatic rings. The highest BCUT2D eigenvalue weighted by Crippen LogP contribution is 2.18. The molecule has 1 N–H and O–H groups in total. The lowest BCUT2D eigenvalue weighted by molar-refractivity contribution is -0.130. The van der Waals surface area contributed by atoms with Gasteiger partial charge in [-0.1, -0.05) is 29.8 Å². The van der Waals surface area contributed by atoms with Gasteiger partial charge >= 0.3 is 0 Å². The Labute approximate surface area is 156 Å². The van der Waals surface area contributed by atoms with Gasteiger partial charge in [0.15, 0.2) is 11.6 Å². The molecule has 0 bridgehead atoms. The predicted molar refractivity (Wildman–Crippen MR) is 97.8 cm³/mol. The van der Waals surface area contributed by atoms with Crippen LogP contribution in [0.1, 0.15) is 22.3 Å². The van der Waals surface area contributed by atoms with Crippen molar-refractivity contribution in [2.45, 2.75) is 13.0 Å². The molecular weight excluding hydrogens is 359 g/mol. The zero-order valence-corrected chi connectivity index (χ0v) is 15.3. The summed E-state index contributed by atoms with van der Waals surface area (Å²) in [5.41, 5.74) is 1.02. The van der Waals surface area contributed by atoms with E-state index in [1.807, 2.05) is 0 Å². The van der Waals surface area contributed by atoms with Crippen molar-refractivity contribution in [1.29, 1.82) is 0 Å². The molecule has 7 heteroatoms. The molecule has 0 fully saturated rings. The number of amides is 2. The van der Waals surface area contributed by atoms with Crippen LogP contribution in [-0.4, -0.2) is 37.4 Å². The molecule has 0 saturated heterocycles. The number of ether oxygens (including phenoxy) is 1. The first-order valence-corrected chi connectivity index (χ1v) is 8.39. The number of hydrogen-bond donors (Lipinski definition) is 1.